The molecule has 0 amide bonds. The van der Waals surface area contributed by atoms with E-state index in [1.54, 1.807) is 30.3 Å². The van der Waals surface area contributed by atoms with Crippen LogP contribution in [0.25, 0.3) is 11.1 Å². The fraction of sp³-hybridized carbons (Fsp3) is 0.269. The van der Waals surface area contributed by atoms with Crippen molar-refractivity contribution in [1.82, 2.24) is 0 Å². The number of hydrazone groups is 1. The van der Waals surface area contributed by atoms with Crippen molar-refractivity contribution in [2.24, 2.45) is 5.10 Å². The van der Waals surface area contributed by atoms with Gasteiger partial charge in [0, 0.05) is 26.2 Å². The summed E-state index contributed by atoms with van der Waals surface area (Å²) in [4.78, 5) is 1.94. The van der Waals surface area contributed by atoms with Gasteiger partial charge in [0.15, 0.2) is 0 Å². The summed E-state index contributed by atoms with van der Waals surface area (Å²) < 4.78 is 81.7. The molecule has 0 bridgehead atoms. The second-order valence-electron chi connectivity index (χ2n) is 8.83. The average Bonchev–Trinajstić information content (AvgIpc) is 3.28. The monoisotopic (exact) mass is 541 g/mol. The molecule has 0 aromatic heterocycles. The molecule has 1 atom stereocenters. The molecule has 196 valence electrons. The van der Waals surface area contributed by atoms with Crippen LogP contribution in [0.5, 0.6) is 0 Å². The fourth-order valence-corrected chi connectivity index (χ4v) is 4.41. The fourth-order valence-electron chi connectivity index (χ4n) is 4.19. The minimum Gasteiger partial charge on any atom is -0.378 e. The number of para-hydroxylation sites is 1. The van der Waals surface area contributed by atoms with Crippen LogP contribution in [0.3, 0.4) is 0 Å². The summed E-state index contributed by atoms with van der Waals surface area (Å²) >= 11 is 6.22. The van der Waals surface area contributed by atoms with Gasteiger partial charge in [0.2, 0.25) is 0 Å². The standard InChI is InChI=1S/C26H22ClF6N3O/c1-35(2)19-13-11-17(12-14-19)16-7-9-18(10-8-16)22-15-23(24(37,25(28,29)30)26(31,32)33)34-36(22)21-6-4-3-5-20(21)27/h3-14,22,37H,15H2,1-2H3. The number of benzene rings is 3. The van der Waals surface area contributed by atoms with Gasteiger partial charge in [0.25, 0.3) is 5.60 Å². The van der Waals surface area contributed by atoms with E-state index in [4.69, 9.17) is 11.6 Å². The number of hydrogen-bond acceptors (Lipinski definition) is 4. The maximum Gasteiger partial charge on any atom is 0.431 e. The molecule has 1 N–H and O–H groups in total. The molecule has 0 spiro atoms. The van der Waals surface area contributed by atoms with Crippen LogP contribution in [-0.4, -0.2) is 42.9 Å². The molecule has 0 radical (unpaired) electrons. The first kappa shape index (κ1) is 26.8. The number of alkyl halides is 6. The molecule has 37 heavy (non-hydrogen) atoms. The maximum atomic E-state index is 13.6. The molecule has 1 aliphatic heterocycles. The highest BCUT2D eigenvalue weighted by molar-refractivity contribution is 6.33. The van der Waals surface area contributed by atoms with Crippen LogP contribution in [0.4, 0.5) is 37.7 Å². The maximum absolute atomic E-state index is 13.6. The molecule has 1 unspecified atom stereocenters. The minimum atomic E-state index is -6.03. The Morgan fingerprint density at radius 3 is 1.84 bits per heavy atom. The van der Waals surface area contributed by atoms with Gasteiger partial charge in [0.1, 0.15) is 0 Å². The van der Waals surface area contributed by atoms with E-state index in [0.29, 0.717) is 5.56 Å². The Kier molecular flexibility index (Phi) is 6.94. The Balaban J connectivity index is 1.74. The first-order valence-electron chi connectivity index (χ1n) is 11.1. The van der Waals surface area contributed by atoms with Gasteiger partial charge < -0.3 is 10.0 Å². The molecule has 0 saturated heterocycles. The summed E-state index contributed by atoms with van der Waals surface area (Å²) in [6.45, 7) is 0. The highest BCUT2D eigenvalue weighted by Crippen LogP contribution is 2.49. The van der Waals surface area contributed by atoms with Crippen molar-refractivity contribution in [1.29, 1.82) is 0 Å². The van der Waals surface area contributed by atoms with Crippen LogP contribution >= 0.6 is 11.6 Å². The highest BCUT2D eigenvalue weighted by atomic mass is 35.5. The number of hydrogen-bond donors (Lipinski definition) is 1. The van der Waals surface area contributed by atoms with E-state index >= 15 is 0 Å². The van der Waals surface area contributed by atoms with E-state index < -0.39 is 36.1 Å². The Labute approximate surface area is 214 Å². The van der Waals surface area contributed by atoms with Crippen molar-refractivity contribution in [2.75, 3.05) is 24.0 Å². The number of anilines is 2. The van der Waals surface area contributed by atoms with Crippen LogP contribution in [0.2, 0.25) is 5.02 Å². The smallest absolute Gasteiger partial charge is 0.378 e. The lowest BCUT2D eigenvalue weighted by molar-refractivity contribution is -0.338. The van der Waals surface area contributed by atoms with Gasteiger partial charge in [-0.3, -0.25) is 5.01 Å². The molecule has 11 heteroatoms. The van der Waals surface area contributed by atoms with Crippen molar-refractivity contribution in [3.05, 3.63) is 83.4 Å². The van der Waals surface area contributed by atoms with Crippen molar-refractivity contribution in [3.8, 4) is 11.1 Å². The second kappa shape index (κ2) is 9.57. The van der Waals surface area contributed by atoms with Crippen LogP contribution in [0, 0.1) is 0 Å². The topological polar surface area (TPSA) is 39.1 Å². The zero-order valence-electron chi connectivity index (χ0n) is 19.6. The Bertz CT molecular complexity index is 1270. The molecule has 3 aromatic rings. The van der Waals surface area contributed by atoms with E-state index in [1.165, 1.54) is 18.2 Å². The van der Waals surface area contributed by atoms with E-state index in [1.807, 2.05) is 43.3 Å². The van der Waals surface area contributed by atoms with Crippen LogP contribution < -0.4 is 9.91 Å². The largest absolute Gasteiger partial charge is 0.431 e. The average molecular weight is 542 g/mol. The van der Waals surface area contributed by atoms with Crippen molar-refractivity contribution in [3.63, 3.8) is 0 Å². The third-order valence-electron chi connectivity index (χ3n) is 6.26. The number of aliphatic hydroxyl groups is 1. The lowest BCUT2D eigenvalue weighted by Crippen LogP contribution is -2.62. The molecule has 4 rings (SSSR count). The lowest BCUT2D eigenvalue weighted by Gasteiger charge is -2.32. The second-order valence-corrected chi connectivity index (χ2v) is 9.24. The first-order valence-corrected chi connectivity index (χ1v) is 11.5. The van der Waals surface area contributed by atoms with Gasteiger partial charge in [-0.25, -0.2) is 0 Å². The molecular weight excluding hydrogens is 520 g/mol. The minimum absolute atomic E-state index is 0.0812. The van der Waals surface area contributed by atoms with Crippen molar-refractivity contribution >= 4 is 28.7 Å². The summed E-state index contributed by atoms with van der Waals surface area (Å²) in [6.07, 6.45) is -12.9. The SMILES string of the molecule is CN(C)c1ccc(-c2ccc(C3CC(C(O)(C(F)(F)F)C(F)(F)F)=NN3c3ccccc3Cl)cc2)cc1. The Hall–Kier alpha value is -3.24. The number of nitrogens with zero attached hydrogens (tertiary/aromatic N) is 3. The Morgan fingerprint density at radius 2 is 1.35 bits per heavy atom. The number of halogens is 7. The third kappa shape index (κ3) is 4.87. The van der Waals surface area contributed by atoms with E-state index in [2.05, 4.69) is 5.10 Å². The summed E-state index contributed by atoms with van der Waals surface area (Å²) in [5.41, 5.74) is -3.37. The Morgan fingerprint density at radius 1 is 0.838 bits per heavy atom. The molecule has 0 fully saturated rings. The van der Waals surface area contributed by atoms with E-state index in [0.717, 1.165) is 21.8 Å². The van der Waals surface area contributed by atoms with Gasteiger partial charge >= 0.3 is 12.4 Å². The molecule has 1 aliphatic rings. The third-order valence-corrected chi connectivity index (χ3v) is 6.58. The predicted octanol–water partition coefficient (Wildman–Crippen LogP) is 7.24. The molecular formula is C26H22ClF6N3O. The van der Waals surface area contributed by atoms with Crippen molar-refractivity contribution < 1.29 is 31.4 Å². The molecule has 0 aliphatic carbocycles. The lowest BCUT2D eigenvalue weighted by atomic mass is 9.89. The first-order chi connectivity index (χ1) is 17.2. The summed E-state index contributed by atoms with van der Waals surface area (Å²) in [6, 6.07) is 19.2. The zero-order valence-corrected chi connectivity index (χ0v) is 20.4. The zero-order chi connectivity index (χ0) is 27.2. The molecule has 1 heterocycles. The highest BCUT2D eigenvalue weighted by Gasteiger charge is 2.74. The van der Waals surface area contributed by atoms with Gasteiger partial charge in [-0.1, -0.05) is 60.1 Å². The van der Waals surface area contributed by atoms with Crippen LogP contribution in [0.1, 0.15) is 18.0 Å². The van der Waals surface area contributed by atoms with Crippen LogP contribution in [0.15, 0.2) is 77.9 Å². The number of rotatable bonds is 5. The van der Waals surface area contributed by atoms with E-state index in [-0.39, 0.29) is 10.7 Å². The molecule has 0 saturated carbocycles. The summed E-state index contributed by atoms with van der Waals surface area (Å²) in [7, 11) is 3.82. The van der Waals surface area contributed by atoms with E-state index in [9.17, 15) is 31.4 Å². The molecule has 4 nitrogen and oxygen atoms in total. The summed E-state index contributed by atoms with van der Waals surface area (Å²) in [5, 5.41) is 14.7. The molecule has 3 aromatic carbocycles. The van der Waals surface area contributed by atoms with Crippen LogP contribution in [-0.2, 0) is 0 Å². The van der Waals surface area contributed by atoms with Gasteiger partial charge in [-0.05, 0) is 41.0 Å². The van der Waals surface area contributed by atoms with Crippen molar-refractivity contribution in [2.45, 2.75) is 30.4 Å². The van der Waals surface area contributed by atoms with Gasteiger partial charge in [-0.2, -0.15) is 31.4 Å². The van der Waals surface area contributed by atoms with Gasteiger partial charge in [0.05, 0.1) is 22.5 Å². The summed E-state index contributed by atoms with van der Waals surface area (Å²) in [5.74, 6) is 0. The quantitative estimate of drug-likeness (QED) is 0.346. The normalized spacial score (nSPS) is 16.6. The predicted molar refractivity (Wildman–Crippen MR) is 132 cm³/mol. The van der Waals surface area contributed by atoms with Gasteiger partial charge in [-0.15, -0.1) is 0 Å².